The van der Waals surface area contributed by atoms with Crippen LogP contribution in [-0.2, 0) is 9.53 Å². The second-order valence-corrected chi connectivity index (χ2v) is 9.56. The quantitative estimate of drug-likeness (QED) is 0.565. The number of likely N-dealkylation sites (tertiary alicyclic amines) is 1. The fourth-order valence-electron chi connectivity index (χ4n) is 4.07. The third kappa shape index (κ3) is 6.17. The minimum atomic E-state index is -0.0439. The first-order valence-corrected chi connectivity index (χ1v) is 12.4. The molecule has 1 fully saturated rings. The Morgan fingerprint density at radius 2 is 1.91 bits per heavy atom. The van der Waals surface area contributed by atoms with Crippen molar-refractivity contribution in [1.82, 2.24) is 15.2 Å². The first kappa shape index (κ1) is 24.4. The van der Waals surface area contributed by atoms with E-state index in [1.165, 1.54) is 16.9 Å². The number of ether oxygens (including phenoxy) is 1. The molecule has 32 heavy (non-hydrogen) atoms. The summed E-state index contributed by atoms with van der Waals surface area (Å²) >= 11 is 1.47. The highest BCUT2D eigenvalue weighted by molar-refractivity contribution is 7.17. The zero-order valence-electron chi connectivity index (χ0n) is 19.6. The number of carbonyl (C=O) groups is 2. The van der Waals surface area contributed by atoms with Crippen LogP contribution in [0.3, 0.4) is 0 Å². The molecule has 0 unspecified atom stereocenters. The Balaban J connectivity index is 1.52. The summed E-state index contributed by atoms with van der Waals surface area (Å²) in [6.45, 7) is 11.3. The molecule has 7 heteroatoms. The Hall–Kier alpha value is -2.25. The lowest BCUT2D eigenvalue weighted by Gasteiger charge is -2.34. The van der Waals surface area contributed by atoms with Crippen LogP contribution in [-0.4, -0.2) is 54.5 Å². The van der Waals surface area contributed by atoms with Crippen molar-refractivity contribution in [3.63, 3.8) is 0 Å². The van der Waals surface area contributed by atoms with Gasteiger partial charge in [-0.15, -0.1) is 11.3 Å². The predicted molar refractivity (Wildman–Crippen MR) is 129 cm³/mol. The Labute approximate surface area is 195 Å². The maximum atomic E-state index is 13.2. The fourth-order valence-corrected chi connectivity index (χ4v) is 5.11. The van der Waals surface area contributed by atoms with Crippen LogP contribution in [0, 0.1) is 25.7 Å². The Morgan fingerprint density at radius 1 is 1.22 bits per heavy atom. The molecule has 2 amide bonds. The van der Waals surface area contributed by atoms with Crippen molar-refractivity contribution in [3.8, 4) is 10.6 Å². The summed E-state index contributed by atoms with van der Waals surface area (Å²) in [4.78, 5) is 32.9. The topological polar surface area (TPSA) is 71.5 Å². The van der Waals surface area contributed by atoms with Crippen LogP contribution >= 0.6 is 11.3 Å². The number of benzene rings is 1. The second-order valence-electron chi connectivity index (χ2n) is 8.56. The van der Waals surface area contributed by atoms with Gasteiger partial charge in [0.05, 0.1) is 5.69 Å². The Morgan fingerprint density at radius 3 is 2.56 bits per heavy atom. The van der Waals surface area contributed by atoms with E-state index in [1.54, 1.807) is 0 Å². The van der Waals surface area contributed by atoms with Gasteiger partial charge in [0, 0.05) is 44.3 Å². The summed E-state index contributed by atoms with van der Waals surface area (Å²) in [5.74, 6) is 0.423. The lowest BCUT2D eigenvalue weighted by atomic mass is 9.84. The number of amides is 2. The number of carbonyl (C=O) groups excluding carboxylic acids is 2. The van der Waals surface area contributed by atoms with Gasteiger partial charge in [0.15, 0.2) is 0 Å². The lowest BCUT2D eigenvalue weighted by molar-refractivity contribution is -0.126. The van der Waals surface area contributed by atoms with Crippen LogP contribution < -0.4 is 5.32 Å². The molecule has 1 aliphatic heterocycles. The maximum absolute atomic E-state index is 13.2. The molecule has 0 aliphatic carbocycles. The van der Waals surface area contributed by atoms with E-state index in [0.29, 0.717) is 38.8 Å². The average molecular weight is 458 g/mol. The van der Waals surface area contributed by atoms with Crippen molar-refractivity contribution in [3.05, 3.63) is 40.4 Å². The molecule has 2 heterocycles. The monoisotopic (exact) mass is 457 g/mol. The van der Waals surface area contributed by atoms with Gasteiger partial charge in [0.25, 0.3) is 5.91 Å². The van der Waals surface area contributed by atoms with Gasteiger partial charge in [0.2, 0.25) is 5.91 Å². The number of aryl methyl sites for hydroxylation is 2. The van der Waals surface area contributed by atoms with Gasteiger partial charge in [0.1, 0.15) is 9.88 Å². The van der Waals surface area contributed by atoms with Crippen LogP contribution in [0.25, 0.3) is 10.6 Å². The highest BCUT2D eigenvalue weighted by Crippen LogP contribution is 2.31. The summed E-state index contributed by atoms with van der Waals surface area (Å²) < 4.78 is 5.31. The molecule has 1 aromatic heterocycles. The van der Waals surface area contributed by atoms with Gasteiger partial charge in [-0.2, -0.15) is 0 Å². The number of rotatable bonds is 9. The normalized spacial score (nSPS) is 15.6. The standard InChI is InChI=1S/C25H35N3O3S/c1-5-31-16-6-13-26-23(29)18(3)20-11-14-28(15-12-20)25(30)22-19(4)27-24(32-22)21-9-7-17(2)8-10-21/h7-10,18,20H,5-6,11-16H2,1-4H3,(H,26,29)/t18-/m1/s1. The van der Waals surface area contributed by atoms with Crippen molar-refractivity contribution in [1.29, 1.82) is 0 Å². The summed E-state index contributed by atoms with van der Waals surface area (Å²) in [7, 11) is 0. The molecule has 1 saturated heterocycles. The van der Waals surface area contributed by atoms with Crippen molar-refractivity contribution >= 4 is 23.2 Å². The van der Waals surface area contributed by atoms with E-state index in [2.05, 4.69) is 41.5 Å². The highest BCUT2D eigenvalue weighted by atomic mass is 32.1. The second kappa shape index (κ2) is 11.6. The van der Waals surface area contributed by atoms with E-state index in [4.69, 9.17) is 4.74 Å². The molecule has 1 N–H and O–H groups in total. The summed E-state index contributed by atoms with van der Waals surface area (Å²) in [6, 6.07) is 8.23. The van der Waals surface area contributed by atoms with Crippen molar-refractivity contribution in [2.75, 3.05) is 32.8 Å². The molecular weight excluding hydrogens is 422 g/mol. The van der Waals surface area contributed by atoms with Crippen LogP contribution in [0.5, 0.6) is 0 Å². The number of aromatic nitrogens is 1. The highest BCUT2D eigenvalue weighted by Gasteiger charge is 2.31. The largest absolute Gasteiger partial charge is 0.382 e. The molecule has 1 aliphatic rings. The molecule has 174 valence electrons. The number of nitrogens with zero attached hydrogens (tertiary/aromatic N) is 2. The third-order valence-electron chi connectivity index (χ3n) is 6.21. The van der Waals surface area contributed by atoms with Crippen molar-refractivity contribution in [2.24, 2.45) is 11.8 Å². The molecule has 0 saturated carbocycles. The SMILES string of the molecule is CCOCCCNC(=O)[C@H](C)C1CCN(C(=O)c2sc(-c3ccc(C)cc3)nc2C)CC1. The van der Waals surface area contributed by atoms with E-state index in [1.807, 2.05) is 25.7 Å². The summed E-state index contributed by atoms with van der Waals surface area (Å²) in [6.07, 6.45) is 2.53. The zero-order chi connectivity index (χ0) is 23.1. The Kier molecular flexibility index (Phi) is 8.82. The zero-order valence-corrected chi connectivity index (χ0v) is 20.5. The fraction of sp³-hybridized carbons (Fsp3) is 0.560. The van der Waals surface area contributed by atoms with Gasteiger partial charge >= 0.3 is 0 Å². The lowest BCUT2D eigenvalue weighted by Crippen LogP contribution is -2.42. The van der Waals surface area contributed by atoms with Gasteiger partial charge < -0.3 is 15.0 Å². The van der Waals surface area contributed by atoms with Gasteiger partial charge in [-0.3, -0.25) is 9.59 Å². The molecule has 1 atom stereocenters. The van der Waals surface area contributed by atoms with Crippen LogP contribution in [0.4, 0.5) is 0 Å². The number of piperidine rings is 1. The first-order chi connectivity index (χ1) is 15.4. The van der Waals surface area contributed by atoms with E-state index in [-0.39, 0.29) is 17.7 Å². The molecular formula is C25H35N3O3S. The van der Waals surface area contributed by atoms with Crippen molar-refractivity contribution in [2.45, 2.75) is 47.0 Å². The van der Waals surface area contributed by atoms with E-state index in [9.17, 15) is 9.59 Å². The van der Waals surface area contributed by atoms with Gasteiger partial charge in [-0.1, -0.05) is 36.8 Å². The molecule has 2 aromatic rings. The van der Waals surface area contributed by atoms with Crippen LogP contribution in [0.2, 0.25) is 0 Å². The van der Waals surface area contributed by atoms with Gasteiger partial charge in [-0.25, -0.2) is 4.98 Å². The smallest absolute Gasteiger partial charge is 0.265 e. The number of hydrogen-bond donors (Lipinski definition) is 1. The van der Waals surface area contributed by atoms with E-state index in [0.717, 1.165) is 40.4 Å². The number of nitrogens with one attached hydrogen (secondary N) is 1. The number of thiazole rings is 1. The average Bonchev–Trinajstić information content (AvgIpc) is 3.20. The van der Waals surface area contributed by atoms with E-state index >= 15 is 0 Å². The van der Waals surface area contributed by atoms with E-state index < -0.39 is 0 Å². The Bertz CT molecular complexity index is 902. The third-order valence-corrected chi connectivity index (χ3v) is 7.40. The molecule has 0 radical (unpaired) electrons. The summed E-state index contributed by atoms with van der Waals surface area (Å²) in [5.41, 5.74) is 3.04. The number of hydrogen-bond acceptors (Lipinski definition) is 5. The molecule has 0 spiro atoms. The van der Waals surface area contributed by atoms with Crippen LogP contribution in [0.1, 0.15) is 54.0 Å². The first-order valence-electron chi connectivity index (χ1n) is 11.6. The minimum Gasteiger partial charge on any atom is -0.382 e. The summed E-state index contributed by atoms with van der Waals surface area (Å²) in [5, 5.41) is 3.91. The molecule has 0 bridgehead atoms. The maximum Gasteiger partial charge on any atom is 0.265 e. The molecule has 6 nitrogen and oxygen atoms in total. The molecule has 3 rings (SSSR count). The minimum absolute atomic E-state index is 0.0439. The van der Waals surface area contributed by atoms with Gasteiger partial charge in [-0.05, 0) is 46.0 Å². The predicted octanol–water partition coefficient (Wildman–Crippen LogP) is 4.46. The van der Waals surface area contributed by atoms with Crippen molar-refractivity contribution < 1.29 is 14.3 Å². The van der Waals surface area contributed by atoms with Crippen LogP contribution in [0.15, 0.2) is 24.3 Å². The molecule has 1 aromatic carbocycles.